The molecule has 0 unspecified atom stereocenters. The average Bonchev–Trinajstić information content (AvgIpc) is 2.33. The number of allylic oxidation sites excluding steroid dienone is 2. The molecule has 0 bridgehead atoms. The first-order valence-electron chi connectivity index (χ1n) is 5.74. The number of phenolic OH excluding ortho intramolecular Hbond substituents is 1. The molecule has 0 saturated carbocycles. The second-order valence-corrected chi connectivity index (χ2v) is 4.21. The highest BCUT2D eigenvalue weighted by atomic mass is 16.5. The van der Waals surface area contributed by atoms with Crippen LogP contribution in [0.25, 0.3) is 0 Å². The molecule has 0 atom stereocenters. The van der Waals surface area contributed by atoms with Crippen molar-refractivity contribution in [2.45, 2.75) is 20.8 Å². The minimum absolute atomic E-state index is 0.0755. The maximum atomic E-state index is 12.1. The zero-order valence-electron chi connectivity index (χ0n) is 10.5. The van der Waals surface area contributed by atoms with E-state index in [1.54, 1.807) is 20.8 Å². The Kier molecular flexibility index (Phi) is 2.95. The predicted molar refractivity (Wildman–Crippen MR) is 66.3 cm³/mol. The van der Waals surface area contributed by atoms with Crippen molar-refractivity contribution >= 4 is 11.6 Å². The van der Waals surface area contributed by atoms with Crippen LogP contribution >= 0.6 is 0 Å². The van der Waals surface area contributed by atoms with Gasteiger partial charge in [-0.3, -0.25) is 9.59 Å². The number of ketones is 2. The van der Waals surface area contributed by atoms with E-state index >= 15 is 0 Å². The van der Waals surface area contributed by atoms with Gasteiger partial charge in [-0.25, -0.2) is 0 Å². The maximum absolute atomic E-state index is 12.1. The number of phenols is 1. The standard InChI is InChI=1S/C14H14O4/c1-4-18-9-5-10-12(11(15)6-9)14(17)8(3)7(2)13(10)16/h5-6,15H,4H2,1-3H3. The van der Waals surface area contributed by atoms with Gasteiger partial charge in [0, 0.05) is 22.8 Å². The Morgan fingerprint density at radius 1 is 1.11 bits per heavy atom. The summed E-state index contributed by atoms with van der Waals surface area (Å²) in [6.45, 7) is 5.43. The molecule has 0 spiro atoms. The van der Waals surface area contributed by atoms with Crippen molar-refractivity contribution < 1.29 is 19.4 Å². The molecule has 1 N–H and O–H groups in total. The van der Waals surface area contributed by atoms with Gasteiger partial charge in [0.05, 0.1) is 12.2 Å². The van der Waals surface area contributed by atoms with Crippen LogP contribution in [0.1, 0.15) is 41.5 Å². The Balaban J connectivity index is 2.67. The Labute approximate surface area is 105 Å². The third kappa shape index (κ3) is 1.70. The van der Waals surface area contributed by atoms with Crippen LogP contribution in [0.4, 0.5) is 0 Å². The van der Waals surface area contributed by atoms with Crippen LogP contribution in [0, 0.1) is 0 Å². The number of carbonyl (C=O) groups is 2. The number of rotatable bonds is 2. The summed E-state index contributed by atoms with van der Waals surface area (Å²) in [5.41, 5.74) is 1.09. The van der Waals surface area contributed by atoms with Crippen LogP contribution < -0.4 is 4.74 Å². The number of hydrogen-bond donors (Lipinski definition) is 1. The number of hydrogen-bond acceptors (Lipinski definition) is 4. The lowest BCUT2D eigenvalue weighted by atomic mass is 9.85. The molecule has 4 heteroatoms. The summed E-state index contributed by atoms with van der Waals surface area (Å²) in [6.07, 6.45) is 0. The Bertz CT molecular complexity index is 582. The molecule has 0 amide bonds. The summed E-state index contributed by atoms with van der Waals surface area (Å²) in [7, 11) is 0. The molecule has 94 valence electrons. The smallest absolute Gasteiger partial charge is 0.193 e. The molecule has 0 aromatic heterocycles. The van der Waals surface area contributed by atoms with E-state index in [1.807, 2.05) is 0 Å². The largest absolute Gasteiger partial charge is 0.507 e. The Morgan fingerprint density at radius 3 is 2.33 bits per heavy atom. The molecular formula is C14H14O4. The zero-order valence-corrected chi connectivity index (χ0v) is 10.5. The lowest BCUT2D eigenvalue weighted by molar-refractivity contribution is 0.0972. The van der Waals surface area contributed by atoms with E-state index in [0.717, 1.165) is 0 Å². The van der Waals surface area contributed by atoms with Gasteiger partial charge >= 0.3 is 0 Å². The summed E-state index contributed by atoms with van der Waals surface area (Å²) in [5.74, 6) is -0.356. The molecule has 0 aliphatic heterocycles. The van der Waals surface area contributed by atoms with E-state index in [4.69, 9.17) is 4.74 Å². The van der Waals surface area contributed by atoms with E-state index in [1.165, 1.54) is 12.1 Å². The van der Waals surface area contributed by atoms with Crippen molar-refractivity contribution in [3.63, 3.8) is 0 Å². The molecule has 0 radical (unpaired) electrons. The number of fused-ring (bicyclic) bond motifs is 1. The van der Waals surface area contributed by atoms with Gasteiger partial charge in [-0.05, 0) is 26.8 Å². The van der Waals surface area contributed by atoms with Crippen LogP contribution in [-0.4, -0.2) is 23.3 Å². The van der Waals surface area contributed by atoms with Crippen LogP contribution in [0.5, 0.6) is 11.5 Å². The summed E-state index contributed by atoms with van der Waals surface area (Å²) < 4.78 is 5.26. The van der Waals surface area contributed by atoms with Crippen molar-refractivity contribution in [1.82, 2.24) is 0 Å². The number of aromatic hydroxyl groups is 1. The molecule has 0 saturated heterocycles. The van der Waals surface area contributed by atoms with Crippen molar-refractivity contribution in [2.24, 2.45) is 0 Å². The van der Waals surface area contributed by atoms with Gasteiger partial charge in [0.2, 0.25) is 0 Å². The van der Waals surface area contributed by atoms with Gasteiger partial charge in [-0.2, -0.15) is 0 Å². The Morgan fingerprint density at radius 2 is 1.72 bits per heavy atom. The van der Waals surface area contributed by atoms with Gasteiger partial charge in [0.15, 0.2) is 11.6 Å². The molecule has 1 aromatic rings. The lowest BCUT2D eigenvalue weighted by Gasteiger charge is -2.18. The van der Waals surface area contributed by atoms with Crippen LogP contribution in [-0.2, 0) is 0 Å². The first-order valence-corrected chi connectivity index (χ1v) is 5.74. The second-order valence-electron chi connectivity index (χ2n) is 4.21. The van der Waals surface area contributed by atoms with Crippen molar-refractivity contribution in [2.75, 3.05) is 6.61 Å². The number of carbonyl (C=O) groups excluding carboxylic acids is 2. The normalized spacial score (nSPS) is 14.8. The highest BCUT2D eigenvalue weighted by Gasteiger charge is 2.30. The van der Waals surface area contributed by atoms with Crippen molar-refractivity contribution in [1.29, 1.82) is 0 Å². The molecule has 1 aromatic carbocycles. The molecular weight excluding hydrogens is 232 g/mol. The van der Waals surface area contributed by atoms with E-state index in [0.29, 0.717) is 23.5 Å². The van der Waals surface area contributed by atoms with Gasteiger partial charge in [0.1, 0.15) is 11.5 Å². The second kappa shape index (κ2) is 4.29. The highest BCUT2D eigenvalue weighted by molar-refractivity contribution is 6.27. The highest BCUT2D eigenvalue weighted by Crippen LogP contribution is 2.35. The van der Waals surface area contributed by atoms with Crippen molar-refractivity contribution in [3.8, 4) is 11.5 Å². The average molecular weight is 246 g/mol. The molecule has 18 heavy (non-hydrogen) atoms. The first-order chi connectivity index (χ1) is 8.47. The van der Waals surface area contributed by atoms with E-state index in [9.17, 15) is 14.7 Å². The predicted octanol–water partition coefficient (Wildman–Crippen LogP) is 2.51. The number of ether oxygens (including phenoxy) is 1. The fraction of sp³-hybridized carbons (Fsp3) is 0.286. The number of benzene rings is 1. The quantitative estimate of drug-likeness (QED) is 0.870. The third-order valence-corrected chi connectivity index (χ3v) is 3.12. The molecule has 0 fully saturated rings. The topological polar surface area (TPSA) is 63.6 Å². The van der Waals surface area contributed by atoms with Crippen molar-refractivity contribution in [3.05, 3.63) is 34.4 Å². The molecule has 0 heterocycles. The summed E-state index contributed by atoms with van der Waals surface area (Å²) in [4.78, 5) is 24.2. The fourth-order valence-corrected chi connectivity index (χ4v) is 2.00. The monoisotopic (exact) mass is 246 g/mol. The van der Waals surface area contributed by atoms with E-state index < -0.39 is 0 Å². The lowest BCUT2D eigenvalue weighted by Crippen LogP contribution is -2.19. The summed E-state index contributed by atoms with van der Waals surface area (Å²) >= 11 is 0. The van der Waals surface area contributed by atoms with Gasteiger partial charge in [0.25, 0.3) is 0 Å². The SMILES string of the molecule is CCOc1cc(O)c2c(c1)C(=O)C(C)=C(C)C2=O. The summed E-state index contributed by atoms with van der Waals surface area (Å²) in [5, 5.41) is 9.88. The minimum atomic E-state index is -0.303. The van der Waals surface area contributed by atoms with Crippen LogP contribution in [0.15, 0.2) is 23.3 Å². The Hall–Kier alpha value is -2.10. The third-order valence-electron chi connectivity index (χ3n) is 3.12. The van der Waals surface area contributed by atoms with Gasteiger partial charge in [-0.1, -0.05) is 0 Å². The van der Waals surface area contributed by atoms with Crippen LogP contribution in [0.3, 0.4) is 0 Å². The van der Waals surface area contributed by atoms with E-state index in [2.05, 4.69) is 0 Å². The molecule has 2 rings (SSSR count). The fourth-order valence-electron chi connectivity index (χ4n) is 2.00. The molecule has 4 nitrogen and oxygen atoms in total. The first kappa shape index (κ1) is 12.4. The zero-order chi connectivity index (χ0) is 13.4. The maximum Gasteiger partial charge on any atom is 0.193 e. The van der Waals surface area contributed by atoms with Crippen LogP contribution in [0.2, 0.25) is 0 Å². The minimum Gasteiger partial charge on any atom is -0.507 e. The number of Topliss-reactive ketones (excluding diaryl/α,β-unsaturated/α-hetero) is 2. The van der Waals surface area contributed by atoms with E-state index in [-0.39, 0.29) is 28.4 Å². The molecule has 1 aliphatic carbocycles. The summed E-state index contributed by atoms with van der Waals surface area (Å²) in [6, 6.07) is 2.87. The van der Waals surface area contributed by atoms with Gasteiger partial charge in [-0.15, -0.1) is 0 Å². The molecule has 1 aliphatic rings. The van der Waals surface area contributed by atoms with Gasteiger partial charge < -0.3 is 9.84 Å².